The van der Waals surface area contributed by atoms with Gasteiger partial charge in [0.15, 0.2) is 11.5 Å². The Morgan fingerprint density at radius 1 is 1.32 bits per heavy atom. The molecule has 0 aliphatic carbocycles. The van der Waals surface area contributed by atoms with Crippen molar-refractivity contribution in [1.29, 1.82) is 0 Å². The molecule has 3 aromatic rings. The van der Waals surface area contributed by atoms with Crippen LogP contribution in [-0.2, 0) is 20.7 Å². The van der Waals surface area contributed by atoms with Crippen LogP contribution >= 0.6 is 0 Å². The van der Waals surface area contributed by atoms with Crippen molar-refractivity contribution in [2.24, 2.45) is 0 Å². The van der Waals surface area contributed by atoms with Gasteiger partial charge in [0, 0.05) is 36.0 Å². The highest BCUT2D eigenvalue weighted by Gasteiger charge is 2.32. The van der Waals surface area contributed by atoms with E-state index in [1.807, 2.05) is 6.92 Å². The molecule has 3 aromatic heterocycles. The number of carbonyl (C=O) groups is 2. The summed E-state index contributed by atoms with van der Waals surface area (Å²) in [6.07, 6.45) is 5.44. The number of hydrogen-bond acceptors (Lipinski definition) is 9. The highest BCUT2D eigenvalue weighted by atomic mass is 19.1. The van der Waals surface area contributed by atoms with Gasteiger partial charge >= 0.3 is 12.1 Å². The van der Waals surface area contributed by atoms with Crippen LogP contribution in [0, 0.1) is 5.82 Å². The van der Waals surface area contributed by atoms with E-state index in [9.17, 15) is 14.0 Å². The minimum atomic E-state index is -0.591. The summed E-state index contributed by atoms with van der Waals surface area (Å²) in [4.78, 5) is 39.3. The molecular weight excluding hydrogens is 495 g/mol. The van der Waals surface area contributed by atoms with Crippen molar-refractivity contribution in [2.75, 3.05) is 18.3 Å². The third kappa shape index (κ3) is 6.36. The first-order valence-corrected chi connectivity index (χ1v) is 12.6. The molecule has 1 saturated heterocycles. The Morgan fingerprint density at radius 3 is 2.84 bits per heavy atom. The van der Waals surface area contributed by atoms with Crippen LogP contribution in [0.3, 0.4) is 0 Å². The van der Waals surface area contributed by atoms with E-state index in [4.69, 9.17) is 14.3 Å². The van der Waals surface area contributed by atoms with Crippen molar-refractivity contribution in [3.05, 3.63) is 53.4 Å². The molecule has 0 aromatic carbocycles. The molecule has 1 aliphatic rings. The second kappa shape index (κ2) is 11.3. The lowest BCUT2D eigenvalue weighted by Gasteiger charge is -2.26. The number of amides is 1. The van der Waals surface area contributed by atoms with E-state index in [-0.39, 0.29) is 24.3 Å². The fourth-order valence-electron chi connectivity index (χ4n) is 4.23. The summed E-state index contributed by atoms with van der Waals surface area (Å²) in [7, 11) is 0. The number of esters is 1. The summed E-state index contributed by atoms with van der Waals surface area (Å²) >= 11 is 0. The molecule has 4 heterocycles. The minimum Gasteiger partial charge on any atom is -0.462 e. The van der Waals surface area contributed by atoms with Gasteiger partial charge in [-0.05, 0) is 53.5 Å². The van der Waals surface area contributed by atoms with E-state index in [2.05, 4.69) is 20.4 Å². The molecule has 4 rings (SSSR count). The van der Waals surface area contributed by atoms with Crippen LogP contribution in [0.4, 0.5) is 15.0 Å². The van der Waals surface area contributed by atoms with Crippen LogP contribution in [-0.4, -0.2) is 56.5 Å². The summed E-state index contributed by atoms with van der Waals surface area (Å²) in [6.45, 7) is 9.65. The van der Waals surface area contributed by atoms with Crippen LogP contribution < -0.4 is 10.4 Å². The van der Waals surface area contributed by atoms with E-state index in [1.165, 1.54) is 23.0 Å². The predicted molar refractivity (Wildman–Crippen MR) is 136 cm³/mol. The number of carbonyl (C=O) groups excluding carboxylic acids is 2. The number of nitrogens with one attached hydrogen (secondary N) is 1. The number of ether oxygens (including phenoxy) is 2. The molecule has 38 heavy (non-hydrogen) atoms. The third-order valence-electron chi connectivity index (χ3n) is 5.89. The van der Waals surface area contributed by atoms with Crippen molar-refractivity contribution in [2.45, 2.75) is 71.6 Å². The quantitative estimate of drug-likeness (QED) is 0.430. The van der Waals surface area contributed by atoms with E-state index in [0.29, 0.717) is 48.6 Å². The molecular formula is C26H33FN6O5. The molecule has 11 nitrogen and oxygen atoms in total. The van der Waals surface area contributed by atoms with Crippen molar-refractivity contribution >= 4 is 23.5 Å². The molecule has 1 N–H and O–H groups in total. The first-order valence-electron chi connectivity index (χ1n) is 12.6. The van der Waals surface area contributed by atoms with Gasteiger partial charge in [-0.3, -0.25) is 9.82 Å². The van der Waals surface area contributed by atoms with Gasteiger partial charge in [-0.1, -0.05) is 0 Å². The maximum absolute atomic E-state index is 14.4. The number of aryl methyl sites for hydroxylation is 1. The molecule has 1 aliphatic heterocycles. The number of pyridine rings is 1. The van der Waals surface area contributed by atoms with Gasteiger partial charge in [0.1, 0.15) is 17.0 Å². The topological polar surface area (TPSA) is 120 Å². The summed E-state index contributed by atoms with van der Waals surface area (Å²) in [5, 5.41) is 8.61. The fraction of sp³-hybridized carbons (Fsp3) is 0.500. The zero-order valence-electron chi connectivity index (χ0n) is 22.2. The normalized spacial score (nSPS) is 16.5. The number of fused-ring (bicyclic) bond motifs is 1. The lowest BCUT2D eigenvalue weighted by Crippen LogP contribution is -2.38. The number of hydrogen-bond donors (Lipinski definition) is 1. The Hall–Kier alpha value is -3.80. The van der Waals surface area contributed by atoms with E-state index in [1.54, 1.807) is 45.0 Å². The van der Waals surface area contributed by atoms with Gasteiger partial charge in [-0.15, -0.1) is 0 Å². The Kier molecular flexibility index (Phi) is 8.10. The van der Waals surface area contributed by atoms with Gasteiger partial charge in [-0.2, -0.15) is 5.10 Å². The lowest BCUT2D eigenvalue weighted by atomic mass is 9.98. The van der Waals surface area contributed by atoms with Crippen LogP contribution in [0.25, 0.3) is 5.65 Å². The van der Waals surface area contributed by atoms with E-state index < -0.39 is 23.5 Å². The van der Waals surface area contributed by atoms with Crippen LogP contribution in [0.15, 0.2) is 30.7 Å². The molecule has 2 unspecified atom stereocenters. The molecule has 0 radical (unpaired) electrons. The second-order valence-electron chi connectivity index (χ2n) is 10.1. The number of halogens is 1. The van der Waals surface area contributed by atoms with Crippen molar-refractivity contribution in [3.8, 4) is 0 Å². The van der Waals surface area contributed by atoms with Crippen LogP contribution in [0.1, 0.15) is 75.1 Å². The number of alkyl carbamates (subject to hydrolysis) is 1. The van der Waals surface area contributed by atoms with E-state index >= 15 is 0 Å². The summed E-state index contributed by atoms with van der Waals surface area (Å²) in [5.41, 5.74) is 1.35. The minimum absolute atomic E-state index is 0.187. The molecule has 204 valence electrons. The van der Waals surface area contributed by atoms with Gasteiger partial charge in [-0.25, -0.2) is 28.5 Å². The zero-order chi connectivity index (χ0) is 27.4. The first-order chi connectivity index (χ1) is 18.1. The number of hydroxylamine groups is 1. The van der Waals surface area contributed by atoms with Crippen LogP contribution in [0.2, 0.25) is 0 Å². The molecule has 12 heteroatoms. The SMILES string of the molecule is CCOC(=O)c1cnn2ccc(N3OCCC3c3cc(F)cnc3CCC(C)NC(=O)OC(C)(C)C)nc12. The average Bonchev–Trinajstić information content (AvgIpc) is 3.49. The summed E-state index contributed by atoms with van der Waals surface area (Å²) < 4.78 is 26.3. The molecule has 2 atom stereocenters. The molecule has 0 spiro atoms. The monoisotopic (exact) mass is 528 g/mol. The maximum Gasteiger partial charge on any atom is 0.407 e. The Bertz CT molecular complexity index is 1310. The van der Waals surface area contributed by atoms with Crippen molar-refractivity contribution < 1.29 is 28.3 Å². The molecule has 1 amide bonds. The summed E-state index contributed by atoms with van der Waals surface area (Å²) in [6, 6.07) is 2.63. The lowest BCUT2D eigenvalue weighted by molar-refractivity contribution is 0.0502. The second-order valence-corrected chi connectivity index (χ2v) is 10.1. The van der Waals surface area contributed by atoms with Crippen LogP contribution in [0.5, 0.6) is 0 Å². The number of nitrogens with zero attached hydrogens (tertiary/aromatic N) is 5. The van der Waals surface area contributed by atoms with Gasteiger partial charge in [0.2, 0.25) is 0 Å². The summed E-state index contributed by atoms with van der Waals surface area (Å²) in [5.74, 6) is -0.530. The third-order valence-corrected chi connectivity index (χ3v) is 5.89. The van der Waals surface area contributed by atoms with Crippen molar-refractivity contribution in [1.82, 2.24) is 24.9 Å². The molecule has 1 fully saturated rings. The molecule has 0 bridgehead atoms. The number of anilines is 1. The van der Waals surface area contributed by atoms with Gasteiger partial charge in [0.25, 0.3) is 0 Å². The fourth-order valence-corrected chi connectivity index (χ4v) is 4.23. The number of aromatic nitrogens is 4. The highest BCUT2D eigenvalue weighted by Crippen LogP contribution is 2.36. The smallest absolute Gasteiger partial charge is 0.407 e. The zero-order valence-corrected chi connectivity index (χ0v) is 22.2. The average molecular weight is 529 g/mol. The molecule has 0 saturated carbocycles. The predicted octanol–water partition coefficient (Wildman–Crippen LogP) is 4.17. The highest BCUT2D eigenvalue weighted by molar-refractivity contribution is 5.95. The Morgan fingerprint density at radius 2 is 2.11 bits per heavy atom. The van der Waals surface area contributed by atoms with Gasteiger partial charge < -0.3 is 14.8 Å². The first kappa shape index (κ1) is 27.2. The Labute approximate surface area is 220 Å². The Balaban J connectivity index is 1.54. The van der Waals surface area contributed by atoms with E-state index in [0.717, 1.165) is 0 Å². The number of rotatable bonds is 8. The standard InChI is InChI=1S/C26H33FN6O5/c1-6-36-24(34)19-15-29-32-11-9-22(31-23(19)32)33-21(10-12-37-33)18-13-17(27)14-28-20(18)8-7-16(2)30-25(35)38-26(3,4)5/h9,11,13-16,21H,6-8,10,12H2,1-5H3,(H,30,35). The maximum atomic E-state index is 14.4. The largest absolute Gasteiger partial charge is 0.462 e. The van der Waals surface area contributed by atoms with Gasteiger partial charge in [0.05, 0.1) is 31.6 Å². The van der Waals surface area contributed by atoms with Crippen molar-refractivity contribution in [3.63, 3.8) is 0 Å².